The highest BCUT2D eigenvalue weighted by atomic mass is 32.2. The third-order valence-corrected chi connectivity index (χ3v) is 4.39. The zero-order chi connectivity index (χ0) is 15.3. The lowest BCUT2D eigenvalue weighted by molar-refractivity contribution is 0.314. The van der Waals surface area contributed by atoms with Gasteiger partial charge in [-0.05, 0) is 12.8 Å². The van der Waals surface area contributed by atoms with Gasteiger partial charge in [0.15, 0.2) is 5.03 Å². The van der Waals surface area contributed by atoms with Gasteiger partial charge in [-0.25, -0.2) is 13.4 Å². The Morgan fingerprint density at radius 1 is 1.60 bits per heavy atom. The monoisotopic (exact) mass is 303 g/mol. The minimum absolute atomic E-state index is 0.00486. The average Bonchev–Trinajstić information content (AvgIpc) is 2.80. The molecule has 20 heavy (non-hydrogen) atoms. The molecule has 9 heteroatoms. The molecule has 0 aromatic carbocycles. The Hall–Kier alpha value is -1.61. The molecule has 0 radical (unpaired) electrons. The van der Waals surface area contributed by atoms with E-state index in [9.17, 15) is 8.42 Å². The van der Waals surface area contributed by atoms with E-state index in [2.05, 4.69) is 15.1 Å². The van der Waals surface area contributed by atoms with E-state index >= 15 is 0 Å². The van der Waals surface area contributed by atoms with Crippen LogP contribution in [0.1, 0.15) is 26.1 Å². The number of nitrogens with two attached hydrogens (primary N) is 1. The molecule has 0 amide bonds. The molecule has 0 bridgehead atoms. The number of hydrogen-bond donors (Lipinski definition) is 3. The van der Waals surface area contributed by atoms with Crippen molar-refractivity contribution in [3.8, 4) is 0 Å². The van der Waals surface area contributed by atoms with Crippen LogP contribution in [0.2, 0.25) is 0 Å². The predicted molar refractivity (Wildman–Crippen MR) is 74.9 cm³/mol. The normalized spacial score (nSPS) is 13.3. The quantitative estimate of drug-likeness (QED) is 0.293. The van der Waals surface area contributed by atoms with Gasteiger partial charge in [-0.3, -0.25) is 0 Å². The average molecular weight is 303 g/mol. The number of hydrogen-bond acceptors (Lipinski definition) is 5. The summed E-state index contributed by atoms with van der Waals surface area (Å²) in [5.41, 5.74) is 5.40. The maximum atomic E-state index is 12.5. The van der Waals surface area contributed by atoms with Gasteiger partial charge in [-0.1, -0.05) is 19.0 Å². The first-order valence-corrected chi connectivity index (χ1v) is 7.69. The number of oxime groups is 1. The number of nitrogens with zero attached hydrogens (tertiary/aromatic N) is 3. The molecule has 114 valence electrons. The molecule has 0 atom stereocenters. The standard InChI is InChI=1S/C11H21N5O3S/c1-8(2)7-16(5-4-10(12)15-17)20(18,19)11-6-13-9(3)14-11/h6,8,17H,4-5,7H2,1-3H3,(H2,12,15)(H,13,14). The fraction of sp³-hybridized carbons (Fsp3) is 0.636. The Labute approximate surface area is 118 Å². The molecule has 4 N–H and O–H groups in total. The number of imidazole rings is 1. The summed E-state index contributed by atoms with van der Waals surface area (Å²) in [5, 5.41) is 11.4. The molecule has 8 nitrogen and oxygen atoms in total. The number of rotatable bonds is 7. The van der Waals surface area contributed by atoms with Crippen molar-refractivity contribution >= 4 is 15.9 Å². The number of amidine groups is 1. The van der Waals surface area contributed by atoms with Crippen LogP contribution in [0.25, 0.3) is 0 Å². The molecule has 0 aliphatic rings. The second-order valence-corrected chi connectivity index (χ2v) is 6.84. The maximum absolute atomic E-state index is 12.5. The topological polar surface area (TPSA) is 125 Å². The molecule has 1 aromatic rings. The molecule has 0 aliphatic carbocycles. The minimum atomic E-state index is -3.66. The molecule has 1 rings (SSSR count). The number of H-pyrrole nitrogens is 1. The predicted octanol–water partition coefficient (Wildman–Crippen LogP) is 0.501. The Balaban J connectivity index is 2.97. The first kappa shape index (κ1) is 16.4. The number of sulfonamides is 1. The fourth-order valence-electron chi connectivity index (χ4n) is 1.67. The fourth-order valence-corrected chi connectivity index (χ4v) is 3.24. The molecule has 0 saturated carbocycles. The lowest BCUT2D eigenvalue weighted by Gasteiger charge is -2.22. The Kier molecular flexibility index (Phi) is 5.52. The molecule has 0 unspecified atom stereocenters. The second-order valence-electron chi connectivity index (χ2n) is 4.93. The molecule has 0 spiro atoms. The van der Waals surface area contributed by atoms with E-state index in [1.165, 1.54) is 10.5 Å². The van der Waals surface area contributed by atoms with Crippen LogP contribution in [-0.2, 0) is 10.0 Å². The van der Waals surface area contributed by atoms with Crippen LogP contribution in [0.4, 0.5) is 0 Å². The van der Waals surface area contributed by atoms with Crippen LogP contribution >= 0.6 is 0 Å². The Morgan fingerprint density at radius 2 is 2.25 bits per heavy atom. The highest BCUT2D eigenvalue weighted by molar-refractivity contribution is 7.89. The number of aromatic nitrogens is 2. The van der Waals surface area contributed by atoms with Gasteiger partial charge in [-0.2, -0.15) is 4.31 Å². The zero-order valence-corrected chi connectivity index (χ0v) is 12.7. The Morgan fingerprint density at radius 3 is 2.70 bits per heavy atom. The van der Waals surface area contributed by atoms with E-state index < -0.39 is 10.0 Å². The summed E-state index contributed by atoms with van der Waals surface area (Å²) in [6, 6.07) is 0. The first-order chi connectivity index (χ1) is 9.27. The first-order valence-electron chi connectivity index (χ1n) is 6.25. The van der Waals surface area contributed by atoms with Crippen molar-refractivity contribution in [2.75, 3.05) is 13.1 Å². The molecular formula is C11H21N5O3S. The van der Waals surface area contributed by atoms with Gasteiger partial charge in [0.05, 0.1) is 6.20 Å². The minimum Gasteiger partial charge on any atom is -0.409 e. The van der Waals surface area contributed by atoms with Crippen LogP contribution in [0.15, 0.2) is 16.4 Å². The molecular weight excluding hydrogens is 282 g/mol. The van der Waals surface area contributed by atoms with Gasteiger partial charge in [0.1, 0.15) is 11.7 Å². The van der Waals surface area contributed by atoms with Gasteiger partial charge < -0.3 is 15.9 Å². The van der Waals surface area contributed by atoms with Crippen molar-refractivity contribution in [1.29, 1.82) is 0 Å². The zero-order valence-electron chi connectivity index (χ0n) is 11.9. The van der Waals surface area contributed by atoms with E-state index in [1.807, 2.05) is 13.8 Å². The highest BCUT2D eigenvalue weighted by Crippen LogP contribution is 2.15. The molecule has 1 heterocycles. The lowest BCUT2D eigenvalue weighted by atomic mass is 10.2. The molecule has 0 fully saturated rings. The van der Waals surface area contributed by atoms with Crippen molar-refractivity contribution in [2.45, 2.75) is 32.2 Å². The van der Waals surface area contributed by atoms with Crippen LogP contribution < -0.4 is 5.73 Å². The molecule has 0 aliphatic heterocycles. The van der Waals surface area contributed by atoms with E-state index in [-0.39, 0.29) is 29.7 Å². The van der Waals surface area contributed by atoms with Crippen LogP contribution in [-0.4, -0.2) is 46.8 Å². The van der Waals surface area contributed by atoms with E-state index in [0.29, 0.717) is 12.4 Å². The molecule has 0 saturated heterocycles. The van der Waals surface area contributed by atoms with E-state index in [0.717, 1.165) is 0 Å². The summed E-state index contributed by atoms with van der Waals surface area (Å²) in [7, 11) is -3.66. The van der Waals surface area contributed by atoms with Crippen LogP contribution in [0, 0.1) is 12.8 Å². The van der Waals surface area contributed by atoms with Gasteiger partial charge in [0, 0.05) is 19.5 Å². The third kappa shape index (κ3) is 4.20. The van der Waals surface area contributed by atoms with Crippen molar-refractivity contribution in [2.24, 2.45) is 16.8 Å². The van der Waals surface area contributed by atoms with Gasteiger partial charge in [0.25, 0.3) is 10.0 Å². The van der Waals surface area contributed by atoms with Crippen molar-refractivity contribution in [3.63, 3.8) is 0 Å². The number of aryl methyl sites for hydroxylation is 1. The van der Waals surface area contributed by atoms with E-state index in [1.54, 1.807) is 6.92 Å². The number of aromatic amines is 1. The van der Waals surface area contributed by atoms with Crippen LogP contribution in [0.3, 0.4) is 0 Å². The summed E-state index contributed by atoms with van der Waals surface area (Å²) < 4.78 is 26.3. The van der Waals surface area contributed by atoms with Gasteiger partial charge in [-0.15, -0.1) is 0 Å². The summed E-state index contributed by atoms with van der Waals surface area (Å²) in [4.78, 5) is 6.63. The SMILES string of the molecule is Cc1ncc(S(=O)(=O)N(CCC(N)=NO)CC(C)C)[nH]1. The highest BCUT2D eigenvalue weighted by Gasteiger charge is 2.26. The largest absolute Gasteiger partial charge is 0.409 e. The summed E-state index contributed by atoms with van der Waals surface area (Å²) in [6.07, 6.45) is 1.46. The second kappa shape index (κ2) is 6.71. The third-order valence-electron chi connectivity index (χ3n) is 2.61. The van der Waals surface area contributed by atoms with Crippen molar-refractivity contribution in [3.05, 3.63) is 12.0 Å². The van der Waals surface area contributed by atoms with Crippen molar-refractivity contribution < 1.29 is 13.6 Å². The van der Waals surface area contributed by atoms with E-state index in [4.69, 9.17) is 10.9 Å². The Bertz CT molecular complexity index is 564. The van der Waals surface area contributed by atoms with Crippen LogP contribution in [0.5, 0.6) is 0 Å². The lowest BCUT2D eigenvalue weighted by Crippen LogP contribution is -2.37. The van der Waals surface area contributed by atoms with Gasteiger partial charge >= 0.3 is 0 Å². The van der Waals surface area contributed by atoms with Gasteiger partial charge in [0.2, 0.25) is 0 Å². The summed E-state index contributed by atoms with van der Waals surface area (Å²) >= 11 is 0. The van der Waals surface area contributed by atoms with Crippen molar-refractivity contribution in [1.82, 2.24) is 14.3 Å². The molecule has 1 aromatic heterocycles. The summed E-state index contributed by atoms with van der Waals surface area (Å²) in [5.74, 6) is 0.681. The smallest absolute Gasteiger partial charge is 0.260 e. The number of nitrogens with one attached hydrogen (secondary N) is 1. The maximum Gasteiger partial charge on any atom is 0.260 e. The summed E-state index contributed by atoms with van der Waals surface area (Å²) in [6.45, 7) is 6.02.